The molecule has 2 aromatic carbocycles. The zero-order valence-electron chi connectivity index (χ0n) is 18.1. The molecular formula is C22H26N2O7S. The zero-order valence-corrected chi connectivity index (χ0v) is 18.9. The first-order valence-corrected chi connectivity index (χ1v) is 11.5. The quantitative estimate of drug-likeness (QED) is 0.691. The third-order valence-corrected chi connectivity index (χ3v) is 6.65. The van der Waals surface area contributed by atoms with E-state index in [1.54, 1.807) is 32.9 Å². The summed E-state index contributed by atoms with van der Waals surface area (Å²) in [6.07, 6.45) is -3.70. The van der Waals surface area contributed by atoms with Crippen LogP contribution < -0.4 is 0 Å². The smallest absolute Gasteiger partial charge is 0.450 e. The van der Waals surface area contributed by atoms with Gasteiger partial charge in [0.1, 0.15) is 5.60 Å². The van der Waals surface area contributed by atoms with Crippen molar-refractivity contribution in [1.29, 1.82) is 0 Å². The molecule has 1 N–H and O–H groups in total. The van der Waals surface area contributed by atoms with Crippen molar-refractivity contribution < 1.29 is 32.6 Å². The summed E-state index contributed by atoms with van der Waals surface area (Å²) in [5.74, 6) is 0. The fraction of sp³-hybridized carbons (Fsp3) is 0.364. The zero-order chi connectivity index (χ0) is 23.5. The summed E-state index contributed by atoms with van der Waals surface area (Å²) < 4.78 is 37.6. The van der Waals surface area contributed by atoms with Gasteiger partial charge in [-0.3, -0.25) is 0 Å². The first-order valence-electron chi connectivity index (χ1n) is 10.0. The molecule has 2 aromatic rings. The Morgan fingerprint density at radius 3 is 2.12 bits per heavy atom. The molecule has 32 heavy (non-hydrogen) atoms. The molecule has 0 radical (unpaired) electrons. The fourth-order valence-electron chi connectivity index (χ4n) is 3.30. The predicted molar refractivity (Wildman–Crippen MR) is 116 cm³/mol. The lowest BCUT2D eigenvalue weighted by Crippen LogP contribution is -2.58. The number of carbonyl (C=O) groups is 2. The maximum atomic E-state index is 13.3. The summed E-state index contributed by atoms with van der Waals surface area (Å²) in [6.45, 7) is 4.74. The molecule has 0 saturated carbocycles. The number of amides is 1. The molecule has 3 rings (SSSR count). The summed E-state index contributed by atoms with van der Waals surface area (Å²) in [5.41, 5.74) is 1.04. The summed E-state index contributed by atoms with van der Waals surface area (Å²) in [6, 6.07) is 15.8. The van der Waals surface area contributed by atoms with Crippen molar-refractivity contribution >= 4 is 22.3 Å². The molecule has 0 aromatic heterocycles. The molecule has 9 nitrogen and oxygen atoms in total. The Bertz CT molecular complexity index is 1060. The van der Waals surface area contributed by atoms with Crippen LogP contribution >= 0.6 is 0 Å². The summed E-state index contributed by atoms with van der Waals surface area (Å²) in [4.78, 5) is 24.8. The Morgan fingerprint density at radius 1 is 0.969 bits per heavy atom. The fourth-order valence-corrected chi connectivity index (χ4v) is 4.79. The van der Waals surface area contributed by atoms with E-state index in [1.807, 2.05) is 30.3 Å². The van der Waals surface area contributed by atoms with Crippen LogP contribution in [0.2, 0.25) is 0 Å². The molecule has 0 aliphatic carbocycles. The minimum Gasteiger partial charge on any atom is -0.450 e. The Morgan fingerprint density at radius 2 is 1.56 bits per heavy atom. The normalized spacial score (nSPS) is 17.6. The summed E-state index contributed by atoms with van der Waals surface area (Å²) in [7, 11) is -4.07. The van der Waals surface area contributed by atoms with Crippen LogP contribution in [0.4, 0.5) is 9.59 Å². The summed E-state index contributed by atoms with van der Waals surface area (Å²) >= 11 is 0. The molecule has 0 bridgehead atoms. The second kappa shape index (κ2) is 9.17. The van der Waals surface area contributed by atoms with Gasteiger partial charge in [-0.25, -0.2) is 18.0 Å². The van der Waals surface area contributed by atoms with Crippen LogP contribution in [0.3, 0.4) is 0 Å². The molecule has 1 atom stereocenters. The molecule has 1 aliphatic heterocycles. The minimum absolute atomic E-state index is 0.00175. The maximum Gasteiger partial charge on any atom is 0.507 e. The van der Waals surface area contributed by atoms with E-state index in [9.17, 15) is 18.0 Å². The topological polar surface area (TPSA) is 113 Å². The van der Waals surface area contributed by atoms with Crippen molar-refractivity contribution in [3.63, 3.8) is 0 Å². The number of ether oxygens (including phenoxy) is 2. The average molecular weight is 463 g/mol. The molecule has 1 heterocycles. The van der Waals surface area contributed by atoms with E-state index in [4.69, 9.17) is 14.6 Å². The number of hydrogen-bond acceptors (Lipinski definition) is 6. The van der Waals surface area contributed by atoms with E-state index in [0.29, 0.717) is 0 Å². The number of benzene rings is 2. The molecular weight excluding hydrogens is 436 g/mol. The van der Waals surface area contributed by atoms with Crippen molar-refractivity contribution in [3.8, 4) is 11.1 Å². The Hall–Kier alpha value is -3.11. The Kier molecular flexibility index (Phi) is 6.75. The first-order chi connectivity index (χ1) is 15.0. The average Bonchev–Trinajstić information content (AvgIpc) is 2.72. The van der Waals surface area contributed by atoms with E-state index in [-0.39, 0.29) is 24.5 Å². The van der Waals surface area contributed by atoms with Gasteiger partial charge in [0.15, 0.2) is 6.23 Å². The van der Waals surface area contributed by atoms with Crippen molar-refractivity contribution in [2.45, 2.75) is 37.5 Å². The molecule has 1 fully saturated rings. The Labute approximate surface area is 187 Å². The predicted octanol–water partition coefficient (Wildman–Crippen LogP) is 3.62. The highest BCUT2D eigenvalue weighted by Gasteiger charge is 2.41. The second-order valence-corrected chi connectivity index (χ2v) is 10.2. The number of nitrogens with zero attached hydrogens (tertiary/aromatic N) is 2. The van der Waals surface area contributed by atoms with Crippen LogP contribution in [0.15, 0.2) is 59.5 Å². The van der Waals surface area contributed by atoms with E-state index in [1.165, 1.54) is 17.0 Å². The molecule has 172 valence electrons. The van der Waals surface area contributed by atoms with Gasteiger partial charge in [0.25, 0.3) is 0 Å². The Balaban J connectivity index is 1.82. The summed E-state index contributed by atoms with van der Waals surface area (Å²) in [5, 5.41) is 9.12. The van der Waals surface area contributed by atoms with Gasteiger partial charge in [0, 0.05) is 13.1 Å². The number of rotatable bonds is 4. The highest BCUT2D eigenvalue weighted by molar-refractivity contribution is 7.89. The largest absolute Gasteiger partial charge is 0.507 e. The number of piperazine rings is 1. The number of carboxylic acid groups (broad SMARTS) is 1. The van der Waals surface area contributed by atoms with E-state index in [0.717, 1.165) is 15.4 Å². The first kappa shape index (κ1) is 23.6. The van der Waals surface area contributed by atoms with Crippen molar-refractivity contribution in [2.24, 2.45) is 0 Å². The lowest BCUT2D eigenvalue weighted by molar-refractivity contribution is -0.0488. The maximum absolute atomic E-state index is 13.3. The second-order valence-electron chi connectivity index (χ2n) is 8.27. The SMILES string of the molecule is CC(C)(C)OC(=O)N1CCN(S(=O)(=O)c2ccc(-c3ccccc3)cc2)C(OC(=O)O)C1. The van der Waals surface area contributed by atoms with E-state index < -0.39 is 34.1 Å². The van der Waals surface area contributed by atoms with Crippen LogP contribution in [-0.2, 0) is 19.5 Å². The van der Waals surface area contributed by atoms with Gasteiger partial charge in [-0.15, -0.1) is 0 Å². The number of hydrogen-bond donors (Lipinski definition) is 1. The highest BCUT2D eigenvalue weighted by atomic mass is 32.2. The van der Waals surface area contributed by atoms with Gasteiger partial charge < -0.3 is 19.5 Å². The third-order valence-electron chi connectivity index (χ3n) is 4.74. The van der Waals surface area contributed by atoms with Crippen molar-refractivity contribution in [3.05, 3.63) is 54.6 Å². The van der Waals surface area contributed by atoms with Crippen molar-refractivity contribution in [1.82, 2.24) is 9.21 Å². The molecule has 1 saturated heterocycles. The van der Waals surface area contributed by atoms with Gasteiger partial charge in [-0.1, -0.05) is 42.5 Å². The molecule has 10 heteroatoms. The van der Waals surface area contributed by atoms with Gasteiger partial charge >= 0.3 is 12.2 Å². The lowest BCUT2D eigenvalue weighted by Gasteiger charge is -2.39. The van der Waals surface area contributed by atoms with Crippen LogP contribution in [0.1, 0.15) is 20.8 Å². The van der Waals surface area contributed by atoms with Crippen LogP contribution in [0.5, 0.6) is 0 Å². The van der Waals surface area contributed by atoms with E-state index >= 15 is 0 Å². The van der Waals surface area contributed by atoms with Crippen LogP contribution in [-0.4, -0.2) is 66.4 Å². The third kappa shape index (κ3) is 5.57. The van der Waals surface area contributed by atoms with Crippen LogP contribution in [0.25, 0.3) is 11.1 Å². The molecule has 1 unspecified atom stereocenters. The molecule has 1 amide bonds. The van der Waals surface area contributed by atoms with Crippen molar-refractivity contribution in [2.75, 3.05) is 19.6 Å². The monoisotopic (exact) mass is 462 g/mol. The van der Waals surface area contributed by atoms with Gasteiger partial charge in [0.05, 0.1) is 11.4 Å². The van der Waals surface area contributed by atoms with E-state index in [2.05, 4.69) is 0 Å². The number of carbonyl (C=O) groups excluding carboxylic acids is 1. The molecule has 1 aliphatic rings. The van der Waals surface area contributed by atoms with Gasteiger partial charge in [-0.05, 0) is 44.0 Å². The molecule has 0 spiro atoms. The standard InChI is InChI=1S/C22H26N2O7S/c1-22(2,3)31-20(25)23-13-14-24(19(15-23)30-21(26)27)32(28,29)18-11-9-17(10-12-18)16-7-5-4-6-8-16/h4-12,19H,13-15H2,1-3H3,(H,26,27). The van der Waals surface area contributed by atoms with Gasteiger partial charge in [-0.2, -0.15) is 4.31 Å². The van der Waals surface area contributed by atoms with Crippen LogP contribution in [0, 0.1) is 0 Å². The minimum atomic E-state index is -4.07. The highest BCUT2D eigenvalue weighted by Crippen LogP contribution is 2.26. The lowest BCUT2D eigenvalue weighted by atomic mass is 10.1. The number of sulfonamides is 1. The van der Waals surface area contributed by atoms with Gasteiger partial charge in [0.2, 0.25) is 10.0 Å².